The second kappa shape index (κ2) is 4.94. The third-order valence-electron chi connectivity index (χ3n) is 3.70. The summed E-state index contributed by atoms with van der Waals surface area (Å²) in [4.78, 5) is 9.30. The van der Waals surface area contributed by atoms with Crippen molar-refractivity contribution in [3.63, 3.8) is 0 Å². The number of thiophene rings is 1. The fraction of sp³-hybridized carbons (Fsp3) is 0.538. The lowest BCUT2D eigenvalue weighted by molar-refractivity contribution is 0.496. The van der Waals surface area contributed by atoms with Gasteiger partial charge in [0.1, 0.15) is 0 Å². The number of aromatic amines is 1. The highest BCUT2D eigenvalue weighted by atomic mass is 32.1. The summed E-state index contributed by atoms with van der Waals surface area (Å²) in [5.41, 5.74) is 7.22. The molecule has 3 N–H and O–H groups in total. The lowest BCUT2D eigenvalue weighted by Crippen LogP contribution is -2.40. The maximum Gasteiger partial charge on any atom is 0.245 e. The quantitative estimate of drug-likeness (QED) is 0.881. The van der Waals surface area contributed by atoms with Crippen LogP contribution < -0.4 is 10.6 Å². The maximum absolute atomic E-state index is 5.92. The highest BCUT2D eigenvalue weighted by Gasteiger charge is 2.20. The van der Waals surface area contributed by atoms with Crippen LogP contribution in [0.15, 0.2) is 6.07 Å². The smallest absolute Gasteiger partial charge is 0.245 e. The highest BCUT2D eigenvalue weighted by molar-refractivity contribution is 7.15. The van der Waals surface area contributed by atoms with Gasteiger partial charge in [-0.25, -0.2) is 0 Å². The molecule has 3 rings (SSSR count). The van der Waals surface area contributed by atoms with E-state index in [1.165, 1.54) is 10.4 Å². The van der Waals surface area contributed by atoms with Crippen LogP contribution in [-0.2, 0) is 0 Å². The van der Waals surface area contributed by atoms with E-state index in [1.54, 1.807) is 11.3 Å². The largest absolute Gasteiger partial charge is 0.339 e. The number of nitrogens with one attached hydrogen (secondary N) is 1. The normalized spacial score (nSPS) is 17.1. The SMILES string of the molecule is Cc1cc(-c2nc(N3CCC(N)CC3)n[nH]2)sc1C. The van der Waals surface area contributed by atoms with E-state index >= 15 is 0 Å². The number of nitrogens with two attached hydrogens (primary N) is 1. The number of hydrogen-bond donors (Lipinski definition) is 2. The van der Waals surface area contributed by atoms with Gasteiger partial charge in [-0.15, -0.1) is 16.4 Å². The lowest BCUT2D eigenvalue weighted by Gasteiger charge is -2.28. The number of nitrogens with zero attached hydrogens (tertiary/aromatic N) is 3. The van der Waals surface area contributed by atoms with Crippen LogP contribution in [-0.4, -0.2) is 34.3 Å². The molecule has 0 aromatic carbocycles. The van der Waals surface area contributed by atoms with Crippen LogP contribution in [0.3, 0.4) is 0 Å². The summed E-state index contributed by atoms with van der Waals surface area (Å²) in [5.74, 6) is 1.66. The molecule has 0 unspecified atom stereocenters. The average molecular weight is 277 g/mol. The molecule has 1 saturated heterocycles. The van der Waals surface area contributed by atoms with Gasteiger partial charge in [0.2, 0.25) is 5.95 Å². The molecular weight excluding hydrogens is 258 g/mol. The van der Waals surface area contributed by atoms with Crippen LogP contribution in [0.25, 0.3) is 10.7 Å². The number of H-pyrrole nitrogens is 1. The van der Waals surface area contributed by atoms with Crippen LogP contribution in [0.4, 0.5) is 5.95 Å². The Bertz CT molecular complexity index is 546. The van der Waals surface area contributed by atoms with Gasteiger partial charge in [-0.2, -0.15) is 4.98 Å². The van der Waals surface area contributed by atoms with E-state index in [4.69, 9.17) is 5.73 Å². The molecule has 1 aliphatic rings. The van der Waals surface area contributed by atoms with Crippen molar-refractivity contribution in [1.82, 2.24) is 15.2 Å². The van der Waals surface area contributed by atoms with Gasteiger partial charge >= 0.3 is 0 Å². The second-order valence-corrected chi connectivity index (χ2v) is 6.41. The van der Waals surface area contributed by atoms with Crippen molar-refractivity contribution in [3.8, 4) is 10.7 Å². The fourth-order valence-corrected chi connectivity index (χ4v) is 3.27. The van der Waals surface area contributed by atoms with Crippen molar-refractivity contribution in [2.24, 2.45) is 5.73 Å². The van der Waals surface area contributed by atoms with Gasteiger partial charge in [0, 0.05) is 24.0 Å². The minimum absolute atomic E-state index is 0.331. The van der Waals surface area contributed by atoms with Crippen molar-refractivity contribution in [2.45, 2.75) is 32.7 Å². The van der Waals surface area contributed by atoms with E-state index in [0.29, 0.717) is 6.04 Å². The third-order valence-corrected chi connectivity index (χ3v) is 4.85. The molecule has 1 fully saturated rings. The van der Waals surface area contributed by atoms with Crippen LogP contribution in [0.2, 0.25) is 0 Å². The molecule has 3 heterocycles. The fourth-order valence-electron chi connectivity index (χ4n) is 2.29. The third kappa shape index (κ3) is 2.50. The van der Waals surface area contributed by atoms with E-state index in [2.05, 4.69) is 40.0 Å². The summed E-state index contributed by atoms with van der Waals surface area (Å²) in [7, 11) is 0. The average Bonchev–Trinajstić information content (AvgIpc) is 2.99. The molecule has 0 aliphatic carbocycles. The minimum atomic E-state index is 0.331. The predicted octanol–water partition coefficient (Wildman–Crippen LogP) is 2.08. The standard InChI is InChI=1S/C13H19N5S/c1-8-7-11(19-9(8)2)12-15-13(17-16-12)18-5-3-10(14)4-6-18/h7,10H,3-6,14H2,1-2H3,(H,15,16,17). The first-order chi connectivity index (χ1) is 9.13. The topological polar surface area (TPSA) is 70.8 Å². The number of piperidine rings is 1. The Morgan fingerprint density at radius 2 is 2.11 bits per heavy atom. The molecule has 2 aromatic heterocycles. The van der Waals surface area contributed by atoms with Crippen LogP contribution >= 0.6 is 11.3 Å². The zero-order chi connectivity index (χ0) is 13.4. The first-order valence-electron chi connectivity index (χ1n) is 6.64. The van der Waals surface area contributed by atoms with Gasteiger partial charge < -0.3 is 10.6 Å². The minimum Gasteiger partial charge on any atom is -0.339 e. The lowest BCUT2D eigenvalue weighted by atomic mass is 10.1. The summed E-state index contributed by atoms with van der Waals surface area (Å²) in [6, 6.07) is 2.49. The zero-order valence-electron chi connectivity index (χ0n) is 11.3. The Morgan fingerprint density at radius 3 is 2.74 bits per heavy atom. The molecule has 0 bridgehead atoms. The molecule has 0 amide bonds. The van der Waals surface area contributed by atoms with Gasteiger partial charge in [-0.1, -0.05) is 0 Å². The van der Waals surface area contributed by atoms with Gasteiger partial charge in [0.05, 0.1) is 4.88 Å². The summed E-state index contributed by atoms with van der Waals surface area (Å²) in [5, 5.41) is 7.38. The van der Waals surface area contributed by atoms with Crippen molar-refractivity contribution in [2.75, 3.05) is 18.0 Å². The van der Waals surface area contributed by atoms with Crippen LogP contribution in [0.1, 0.15) is 23.3 Å². The Balaban J connectivity index is 1.79. The Hall–Kier alpha value is -1.40. The molecule has 19 heavy (non-hydrogen) atoms. The summed E-state index contributed by atoms with van der Waals surface area (Å²) >= 11 is 1.76. The molecule has 0 spiro atoms. The van der Waals surface area contributed by atoms with Gasteiger partial charge in [-0.3, -0.25) is 5.10 Å². The highest BCUT2D eigenvalue weighted by Crippen LogP contribution is 2.29. The van der Waals surface area contributed by atoms with Gasteiger partial charge in [0.15, 0.2) is 5.82 Å². The van der Waals surface area contributed by atoms with Gasteiger partial charge in [0.25, 0.3) is 0 Å². The molecule has 0 saturated carbocycles. The number of anilines is 1. The number of hydrogen-bond acceptors (Lipinski definition) is 5. The number of rotatable bonds is 2. The van der Waals surface area contributed by atoms with Crippen LogP contribution in [0.5, 0.6) is 0 Å². The van der Waals surface area contributed by atoms with Crippen molar-refractivity contribution in [1.29, 1.82) is 0 Å². The van der Waals surface area contributed by atoms with E-state index in [0.717, 1.165) is 42.6 Å². The molecule has 102 valence electrons. The predicted molar refractivity (Wildman–Crippen MR) is 78.6 cm³/mol. The van der Waals surface area contributed by atoms with E-state index in [9.17, 15) is 0 Å². The van der Waals surface area contributed by atoms with Crippen molar-refractivity contribution >= 4 is 17.3 Å². The molecule has 0 radical (unpaired) electrons. The Kier molecular flexibility index (Phi) is 3.28. The van der Waals surface area contributed by atoms with Crippen molar-refractivity contribution < 1.29 is 0 Å². The number of aryl methyl sites for hydroxylation is 2. The first kappa shape index (κ1) is 12.6. The molecule has 6 heteroatoms. The summed E-state index contributed by atoms with van der Waals surface area (Å²) in [6.07, 6.45) is 2.03. The van der Waals surface area contributed by atoms with Gasteiger partial charge in [-0.05, 0) is 38.3 Å². The molecule has 1 aliphatic heterocycles. The van der Waals surface area contributed by atoms with E-state index < -0.39 is 0 Å². The zero-order valence-corrected chi connectivity index (χ0v) is 12.1. The summed E-state index contributed by atoms with van der Waals surface area (Å²) in [6.45, 7) is 6.15. The number of aromatic nitrogens is 3. The van der Waals surface area contributed by atoms with Crippen molar-refractivity contribution in [3.05, 3.63) is 16.5 Å². The van der Waals surface area contributed by atoms with E-state index in [1.807, 2.05) is 0 Å². The molecular formula is C13H19N5S. The van der Waals surface area contributed by atoms with Crippen LogP contribution in [0, 0.1) is 13.8 Å². The molecule has 2 aromatic rings. The second-order valence-electron chi connectivity index (χ2n) is 5.16. The molecule has 0 atom stereocenters. The monoisotopic (exact) mass is 277 g/mol. The molecule has 5 nitrogen and oxygen atoms in total. The maximum atomic E-state index is 5.92. The Labute approximate surface area is 116 Å². The van der Waals surface area contributed by atoms with E-state index in [-0.39, 0.29) is 0 Å². The Morgan fingerprint density at radius 1 is 1.37 bits per heavy atom. The first-order valence-corrected chi connectivity index (χ1v) is 7.45. The summed E-state index contributed by atoms with van der Waals surface area (Å²) < 4.78 is 0.